The summed E-state index contributed by atoms with van der Waals surface area (Å²) in [4.78, 5) is 35.7. The van der Waals surface area contributed by atoms with Crippen LogP contribution in [0.2, 0.25) is 0 Å². The Labute approximate surface area is 244 Å². The molecule has 1 saturated heterocycles. The summed E-state index contributed by atoms with van der Waals surface area (Å²) in [6, 6.07) is 12.2. The molecule has 2 atom stereocenters. The van der Waals surface area contributed by atoms with Gasteiger partial charge in [-0.3, -0.25) is 14.7 Å². The van der Waals surface area contributed by atoms with Crippen LogP contribution in [-0.4, -0.2) is 68.8 Å². The molecule has 13 heteroatoms. The molecule has 12 nitrogen and oxygen atoms in total. The molecule has 0 saturated carbocycles. The topological polar surface area (TPSA) is 151 Å². The Bertz CT molecular complexity index is 1580. The minimum Gasteiger partial charge on any atom is -0.456 e. The van der Waals surface area contributed by atoms with E-state index in [1.165, 1.54) is 0 Å². The van der Waals surface area contributed by atoms with Gasteiger partial charge >= 0.3 is 8.03 Å². The Morgan fingerprint density at radius 1 is 1.14 bits per heavy atom. The van der Waals surface area contributed by atoms with Crippen LogP contribution in [0, 0.1) is 6.92 Å². The number of aromatic amines is 1. The van der Waals surface area contributed by atoms with Crippen LogP contribution < -0.4 is 15.4 Å². The summed E-state index contributed by atoms with van der Waals surface area (Å²) in [5, 5.41) is 14.3. The van der Waals surface area contributed by atoms with Gasteiger partial charge in [0, 0.05) is 43.2 Å². The van der Waals surface area contributed by atoms with Crippen LogP contribution >= 0.6 is 8.03 Å². The Hall–Kier alpha value is -4.41. The van der Waals surface area contributed by atoms with Crippen LogP contribution in [0.1, 0.15) is 42.1 Å². The predicted octanol–water partition coefficient (Wildman–Crippen LogP) is 5.28. The Balaban J connectivity index is 1.24. The van der Waals surface area contributed by atoms with E-state index in [1.54, 1.807) is 60.6 Å². The van der Waals surface area contributed by atoms with Crippen LogP contribution in [-0.2, 0) is 13.9 Å². The SMILES string of the molecule is CCO[P+](=O)CCC(=O)N1CCC[C@@H](Nc2n[nH]c3nccc(Oc4ccc(C(=O)Nc5cc(C)ccn5)cc4)c23)C1. The molecule has 5 rings (SSSR count). The third-order valence-corrected chi connectivity index (χ3v) is 7.96. The zero-order chi connectivity index (χ0) is 29.5. The second-order valence-corrected chi connectivity index (χ2v) is 11.3. The lowest BCUT2D eigenvalue weighted by atomic mass is 10.1. The van der Waals surface area contributed by atoms with Crippen molar-refractivity contribution in [1.82, 2.24) is 25.1 Å². The van der Waals surface area contributed by atoms with E-state index in [0.29, 0.717) is 59.4 Å². The third kappa shape index (κ3) is 7.26. The fraction of sp³-hybridized carbons (Fsp3) is 0.345. The van der Waals surface area contributed by atoms with Gasteiger partial charge in [0.2, 0.25) is 5.91 Å². The van der Waals surface area contributed by atoms with Crippen molar-refractivity contribution in [3.05, 3.63) is 66.0 Å². The van der Waals surface area contributed by atoms with Gasteiger partial charge in [0.1, 0.15) is 22.7 Å². The number of rotatable bonds is 11. The van der Waals surface area contributed by atoms with E-state index < -0.39 is 8.03 Å². The number of piperidine rings is 1. The lowest BCUT2D eigenvalue weighted by molar-refractivity contribution is -0.131. The Morgan fingerprint density at radius 3 is 2.74 bits per heavy atom. The maximum atomic E-state index is 12.7. The zero-order valence-corrected chi connectivity index (χ0v) is 24.4. The summed E-state index contributed by atoms with van der Waals surface area (Å²) in [6.45, 7) is 5.25. The van der Waals surface area contributed by atoms with Crippen LogP contribution in [0.25, 0.3) is 11.0 Å². The van der Waals surface area contributed by atoms with E-state index in [4.69, 9.17) is 9.26 Å². The van der Waals surface area contributed by atoms with Gasteiger partial charge in [-0.2, -0.15) is 5.10 Å². The summed E-state index contributed by atoms with van der Waals surface area (Å²) >= 11 is 0. The molecule has 4 aromatic rings. The van der Waals surface area contributed by atoms with Gasteiger partial charge in [-0.1, -0.05) is 0 Å². The van der Waals surface area contributed by atoms with Crippen molar-refractivity contribution < 1.29 is 23.4 Å². The van der Waals surface area contributed by atoms with Gasteiger partial charge in [0.25, 0.3) is 5.91 Å². The van der Waals surface area contributed by atoms with Crippen molar-refractivity contribution in [2.75, 3.05) is 36.5 Å². The molecule has 4 heterocycles. The van der Waals surface area contributed by atoms with Crippen molar-refractivity contribution in [1.29, 1.82) is 0 Å². The monoisotopic (exact) mass is 590 g/mol. The maximum Gasteiger partial charge on any atom is 0.508 e. The number of carbonyl (C=O) groups is 2. The Kier molecular flexibility index (Phi) is 9.35. The first-order valence-electron chi connectivity index (χ1n) is 13.9. The number of benzene rings is 1. The van der Waals surface area contributed by atoms with Crippen molar-refractivity contribution >= 4 is 42.5 Å². The highest BCUT2D eigenvalue weighted by Crippen LogP contribution is 2.34. The number of ether oxygens (including phenoxy) is 1. The van der Waals surface area contributed by atoms with Crippen molar-refractivity contribution in [2.45, 2.75) is 39.2 Å². The zero-order valence-electron chi connectivity index (χ0n) is 23.5. The van der Waals surface area contributed by atoms with Crippen LogP contribution in [0.4, 0.5) is 11.6 Å². The van der Waals surface area contributed by atoms with E-state index in [2.05, 4.69) is 30.8 Å². The molecule has 42 heavy (non-hydrogen) atoms. The van der Waals surface area contributed by atoms with Gasteiger partial charge in [-0.25, -0.2) is 9.97 Å². The lowest BCUT2D eigenvalue weighted by Gasteiger charge is -2.33. The number of hydrogen-bond acceptors (Lipinski definition) is 9. The molecule has 0 aliphatic carbocycles. The van der Waals surface area contributed by atoms with Crippen molar-refractivity contribution in [3.63, 3.8) is 0 Å². The summed E-state index contributed by atoms with van der Waals surface area (Å²) in [5.41, 5.74) is 2.03. The van der Waals surface area contributed by atoms with Crippen molar-refractivity contribution in [3.8, 4) is 11.5 Å². The normalized spacial score (nSPS) is 15.3. The summed E-state index contributed by atoms with van der Waals surface area (Å²) in [6.07, 6.45) is 5.40. The molecular weight excluding hydrogens is 557 g/mol. The highest BCUT2D eigenvalue weighted by Gasteiger charge is 2.27. The first kappa shape index (κ1) is 29.1. The first-order chi connectivity index (χ1) is 20.4. The number of H-pyrrole nitrogens is 1. The number of likely N-dealkylation sites (tertiary alicyclic amines) is 1. The molecule has 1 fully saturated rings. The Morgan fingerprint density at radius 2 is 1.95 bits per heavy atom. The molecule has 2 amide bonds. The average Bonchev–Trinajstić information content (AvgIpc) is 3.40. The molecular formula is C29H33N7O5P+. The molecule has 0 radical (unpaired) electrons. The number of nitrogens with one attached hydrogen (secondary N) is 3. The number of anilines is 2. The van der Waals surface area contributed by atoms with Crippen LogP contribution in [0.15, 0.2) is 54.9 Å². The van der Waals surface area contributed by atoms with E-state index in [0.717, 1.165) is 18.4 Å². The number of fused-ring (bicyclic) bond motifs is 1. The molecule has 1 unspecified atom stereocenters. The smallest absolute Gasteiger partial charge is 0.456 e. The number of aromatic nitrogens is 4. The molecule has 1 aliphatic heterocycles. The van der Waals surface area contributed by atoms with Gasteiger partial charge < -0.3 is 20.3 Å². The van der Waals surface area contributed by atoms with Crippen LogP contribution in [0.3, 0.4) is 0 Å². The number of nitrogens with zero attached hydrogens (tertiary/aromatic N) is 4. The number of hydrogen-bond donors (Lipinski definition) is 3. The van der Waals surface area contributed by atoms with E-state index in [1.807, 2.05) is 13.0 Å². The van der Waals surface area contributed by atoms with E-state index in [9.17, 15) is 14.2 Å². The standard InChI is InChI=1S/C29H32N7O5P/c1-3-40-42(39)16-12-25(37)36-15-4-5-21(18-36)32-28-26-23(11-14-31-27(26)34-35-28)41-22-8-6-20(7-9-22)29(38)33-24-17-19(2)10-13-30-24/h6-11,13-14,17,21H,3-5,12,15-16,18H2,1-2H3,(H2-,30,31,32,33,34,35,38)/p+1/t21-/m1/s1. The summed E-state index contributed by atoms with van der Waals surface area (Å²) in [5.74, 6) is 1.85. The third-order valence-electron chi connectivity index (χ3n) is 6.82. The minimum atomic E-state index is -1.81. The molecule has 3 aromatic heterocycles. The molecule has 1 aromatic carbocycles. The van der Waals surface area contributed by atoms with E-state index >= 15 is 0 Å². The highest BCUT2D eigenvalue weighted by atomic mass is 31.1. The molecule has 1 aliphatic rings. The quantitative estimate of drug-likeness (QED) is 0.198. The highest BCUT2D eigenvalue weighted by molar-refractivity contribution is 7.39. The van der Waals surface area contributed by atoms with Gasteiger partial charge in [0.15, 0.2) is 17.6 Å². The number of carbonyl (C=O) groups excluding carboxylic acids is 2. The number of pyridine rings is 2. The largest absolute Gasteiger partial charge is 0.508 e. The molecule has 218 valence electrons. The van der Waals surface area contributed by atoms with E-state index in [-0.39, 0.29) is 30.4 Å². The molecule has 3 N–H and O–H groups in total. The van der Waals surface area contributed by atoms with Crippen LogP contribution in [0.5, 0.6) is 11.5 Å². The maximum absolute atomic E-state index is 12.7. The minimum absolute atomic E-state index is 0.0244. The second kappa shape index (κ2) is 13.5. The van der Waals surface area contributed by atoms with Crippen molar-refractivity contribution in [2.24, 2.45) is 0 Å². The van der Waals surface area contributed by atoms with Gasteiger partial charge in [-0.15, -0.1) is 4.52 Å². The lowest BCUT2D eigenvalue weighted by Crippen LogP contribution is -2.45. The predicted molar refractivity (Wildman–Crippen MR) is 159 cm³/mol. The number of amides is 2. The van der Waals surface area contributed by atoms with Gasteiger partial charge in [-0.05, 0) is 73.2 Å². The average molecular weight is 591 g/mol. The fourth-order valence-corrected chi connectivity index (χ4v) is 5.57. The second-order valence-electron chi connectivity index (χ2n) is 9.95. The summed E-state index contributed by atoms with van der Waals surface area (Å²) < 4.78 is 23.1. The van der Waals surface area contributed by atoms with Gasteiger partial charge in [0.05, 0.1) is 13.0 Å². The summed E-state index contributed by atoms with van der Waals surface area (Å²) in [7, 11) is -1.81. The molecule has 0 spiro atoms. The molecule has 0 bridgehead atoms. The number of aryl methyl sites for hydroxylation is 1. The fourth-order valence-electron chi connectivity index (χ4n) is 4.77. The first-order valence-corrected chi connectivity index (χ1v) is 15.2.